The first-order chi connectivity index (χ1) is 15.0. The van der Waals surface area contributed by atoms with Crippen LogP contribution >= 0.6 is 11.3 Å². The summed E-state index contributed by atoms with van der Waals surface area (Å²) in [5.74, 6) is -0.938. The Morgan fingerprint density at radius 2 is 1.77 bits per heavy atom. The van der Waals surface area contributed by atoms with Crippen LogP contribution in [0.1, 0.15) is 39.7 Å². The Balaban J connectivity index is 1.41. The van der Waals surface area contributed by atoms with Gasteiger partial charge in [-0.1, -0.05) is 61.5 Å². The minimum absolute atomic E-state index is 0.373. The zero-order chi connectivity index (χ0) is 21.6. The molecule has 1 atom stereocenters. The van der Waals surface area contributed by atoms with Crippen molar-refractivity contribution in [2.45, 2.75) is 31.7 Å². The van der Waals surface area contributed by atoms with E-state index in [0.29, 0.717) is 16.9 Å². The average molecular weight is 432 g/mol. The lowest BCUT2D eigenvalue weighted by Crippen LogP contribution is -2.48. The summed E-state index contributed by atoms with van der Waals surface area (Å²) in [5, 5.41) is 3.59. The van der Waals surface area contributed by atoms with Gasteiger partial charge in [-0.15, -0.1) is 11.3 Å². The zero-order valence-electron chi connectivity index (χ0n) is 17.0. The van der Waals surface area contributed by atoms with Crippen molar-refractivity contribution in [2.75, 3.05) is 0 Å². The van der Waals surface area contributed by atoms with Crippen LogP contribution in [-0.4, -0.2) is 22.9 Å². The fraction of sp³-hybridized carbons (Fsp3) is 0.208. The first-order valence-electron chi connectivity index (χ1n) is 10.3. The molecule has 6 nitrogen and oxygen atoms in total. The molecular weight excluding hydrogens is 410 g/mol. The summed E-state index contributed by atoms with van der Waals surface area (Å²) in [5.41, 5.74) is 5.58. The Morgan fingerprint density at radius 1 is 1.06 bits per heavy atom. The van der Waals surface area contributed by atoms with E-state index >= 15 is 0 Å². The van der Waals surface area contributed by atoms with E-state index < -0.39 is 23.4 Å². The molecule has 5 rings (SSSR count). The van der Waals surface area contributed by atoms with Crippen molar-refractivity contribution >= 4 is 29.2 Å². The second kappa shape index (κ2) is 7.35. The number of nitrogens with zero attached hydrogens (tertiary/aromatic N) is 1. The number of carbonyl (C=O) groups excluding carboxylic acids is 3. The molecule has 0 bridgehead atoms. The third kappa shape index (κ3) is 3.04. The molecule has 1 saturated heterocycles. The van der Waals surface area contributed by atoms with Crippen LogP contribution in [0.25, 0.3) is 10.4 Å². The maximum Gasteiger partial charge on any atom is 0.344 e. The third-order valence-electron chi connectivity index (χ3n) is 6.06. The molecule has 1 aliphatic heterocycles. The fourth-order valence-corrected chi connectivity index (χ4v) is 5.54. The maximum absolute atomic E-state index is 13.2. The normalized spacial score (nSPS) is 19.6. The van der Waals surface area contributed by atoms with Crippen LogP contribution in [-0.2, 0) is 23.2 Å². The number of hydrogen-bond donors (Lipinski definition) is 2. The minimum atomic E-state index is -1.18. The zero-order valence-corrected chi connectivity index (χ0v) is 17.8. The van der Waals surface area contributed by atoms with E-state index in [0.717, 1.165) is 33.9 Å². The van der Waals surface area contributed by atoms with Crippen molar-refractivity contribution in [1.29, 1.82) is 0 Å². The third-order valence-corrected chi connectivity index (χ3v) is 7.27. The number of imide groups is 1. The molecule has 0 spiro atoms. The number of urea groups is 1. The molecule has 2 aromatic carbocycles. The van der Waals surface area contributed by atoms with Gasteiger partial charge >= 0.3 is 6.03 Å². The van der Waals surface area contributed by atoms with Gasteiger partial charge in [0.1, 0.15) is 5.54 Å². The number of fused-ring (bicyclic) bond motifs is 3. The number of amides is 4. The van der Waals surface area contributed by atoms with Crippen LogP contribution in [0.4, 0.5) is 4.79 Å². The van der Waals surface area contributed by atoms with Gasteiger partial charge in [0, 0.05) is 4.88 Å². The van der Waals surface area contributed by atoms with E-state index in [9.17, 15) is 14.4 Å². The van der Waals surface area contributed by atoms with Gasteiger partial charge in [0.15, 0.2) is 0 Å². The highest BCUT2D eigenvalue weighted by atomic mass is 32.1. The van der Waals surface area contributed by atoms with Gasteiger partial charge in [-0.25, -0.2) is 4.79 Å². The number of rotatable bonds is 4. The molecular formula is C24H21N3O3S. The molecule has 7 heteroatoms. The van der Waals surface area contributed by atoms with E-state index in [-0.39, 0.29) is 0 Å². The van der Waals surface area contributed by atoms with Crippen LogP contribution < -0.4 is 10.7 Å². The van der Waals surface area contributed by atoms with Crippen molar-refractivity contribution in [3.63, 3.8) is 0 Å². The maximum atomic E-state index is 13.2. The molecule has 0 saturated carbocycles. The Labute approximate surface area is 183 Å². The minimum Gasteiger partial charge on any atom is -0.318 e. The highest BCUT2D eigenvalue weighted by Gasteiger charge is 2.52. The molecule has 0 unspecified atom stereocenters. The number of hydrazine groups is 1. The number of hydrogen-bond acceptors (Lipinski definition) is 4. The topological polar surface area (TPSA) is 78.5 Å². The molecule has 31 heavy (non-hydrogen) atoms. The summed E-state index contributed by atoms with van der Waals surface area (Å²) in [6.45, 7) is 1.83. The monoisotopic (exact) mass is 431 g/mol. The van der Waals surface area contributed by atoms with Crippen LogP contribution in [0.3, 0.4) is 0 Å². The van der Waals surface area contributed by atoms with E-state index in [4.69, 9.17) is 0 Å². The molecule has 2 N–H and O–H groups in total. The van der Waals surface area contributed by atoms with Crippen molar-refractivity contribution < 1.29 is 14.4 Å². The lowest BCUT2D eigenvalue weighted by Gasteiger charge is -2.25. The Bertz CT molecular complexity index is 1200. The Kier molecular flexibility index (Phi) is 4.63. The van der Waals surface area contributed by atoms with Gasteiger partial charge < -0.3 is 5.32 Å². The number of aryl methyl sites for hydroxylation is 2. The van der Waals surface area contributed by atoms with Gasteiger partial charge in [-0.3, -0.25) is 15.0 Å². The van der Waals surface area contributed by atoms with Gasteiger partial charge in [-0.2, -0.15) is 5.01 Å². The molecule has 3 aromatic rings. The second-order valence-corrected chi connectivity index (χ2v) is 8.81. The summed E-state index contributed by atoms with van der Waals surface area (Å²) in [7, 11) is 0. The number of thiophene rings is 1. The molecule has 0 radical (unpaired) electrons. The van der Waals surface area contributed by atoms with Gasteiger partial charge in [0.25, 0.3) is 11.8 Å². The molecule has 1 aliphatic carbocycles. The van der Waals surface area contributed by atoms with Crippen LogP contribution in [0.5, 0.6) is 0 Å². The lowest BCUT2D eigenvalue weighted by molar-refractivity contribution is -0.133. The van der Waals surface area contributed by atoms with E-state index in [1.165, 1.54) is 16.9 Å². The van der Waals surface area contributed by atoms with Crippen molar-refractivity contribution in [1.82, 2.24) is 15.8 Å². The summed E-state index contributed by atoms with van der Waals surface area (Å²) < 4.78 is 0. The van der Waals surface area contributed by atoms with Gasteiger partial charge in [-0.05, 0) is 47.6 Å². The van der Waals surface area contributed by atoms with E-state index in [2.05, 4.69) is 22.9 Å². The SMILES string of the molecule is CC[C@@]1(c2ccccc2)NC(=O)N(NC(=O)c2cc3c(s2)-c2ccccc2CC3)C1=O. The first kappa shape index (κ1) is 19.5. The smallest absolute Gasteiger partial charge is 0.318 e. The Morgan fingerprint density at radius 3 is 2.55 bits per heavy atom. The van der Waals surface area contributed by atoms with Crippen LogP contribution in [0, 0.1) is 0 Å². The summed E-state index contributed by atoms with van der Waals surface area (Å²) in [6, 6.07) is 18.5. The fourth-order valence-electron chi connectivity index (χ4n) is 4.38. The largest absolute Gasteiger partial charge is 0.344 e. The molecule has 1 fully saturated rings. The number of nitrogens with one attached hydrogen (secondary N) is 2. The highest BCUT2D eigenvalue weighted by Crippen LogP contribution is 2.39. The summed E-state index contributed by atoms with van der Waals surface area (Å²) in [6.07, 6.45) is 2.17. The predicted molar refractivity (Wildman–Crippen MR) is 118 cm³/mol. The van der Waals surface area contributed by atoms with Gasteiger partial charge in [0.2, 0.25) is 0 Å². The molecule has 156 valence electrons. The predicted octanol–water partition coefficient (Wildman–Crippen LogP) is 4.02. The average Bonchev–Trinajstić information content (AvgIpc) is 3.35. The van der Waals surface area contributed by atoms with Crippen molar-refractivity contribution in [3.05, 3.63) is 82.2 Å². The van der Waals surface area contributed by atoms with E-state index in [1.807, 2.05) is 43.3 Å². The second-order valence-electron chi connectivity index (χ2n) is 7.76. The number of benzene rings is 2. The summed E-state index contributed by atoms with van der Waals surface area (Å²) >= 11 is 1.39. The quantitative estimate of drug-likeness (QED) is 0.613. The van der Waals surface area contributed by atoms with E-state index in [1.54, 1.807) is 12.1 Å². The van der Waals surface area contributed by atoms with Gasteiger partial charge in [0.05, 0.1) is 4.88 Å². The first-order valence-corrected chi connectivity index (χ1v) is 11.1. The van der Waals surface area contributed by atoms with Crippen molar-refractivity contribution in [3.8, 4) is 10.4 Å². The Hall–Kier alpha value is -3.45. The molecule has 2 heterocycles. The summed E-state index contributed by atoms with van der Waals surface area (Å²) in [4.78, 5) is 40.4. The molecule has 4 amide bonds. The molecule has 2 aliphatic rings. The number of carbonyl (C=O) groups is 3. The standard InChI is InChI=1S/C24H21N3O3S/c1-2-24(17-9-4-3-5-10-17)22(29)27(23(30)25-24)26-21(28)19-14-16-13-12-15-8-6-7-11-18(15)20(16)31-19/h3-11,14H,2,12-13H2,1H3,(H,25,30)(H,26,28)/t24-/m0/s1. The lowest BCUT2D eigenvalue weighted by atomic mass is 9.87. The van der Waals surface area contributed by atoms with Crippen LogP contribution in [0.15, 0.2) is 60.7 Å². The highest BCUT2D eigenvalue weighted by molar-refractivity contribution is 7.17. The molecule has 1 aromatic heterocycles. The van der Waals surface area contributed by atoms with Crippen molar-refractivity contribution in [2.24, 2.45) is 0 Å². The van der Waals surface area contributed by atoms with Crippen LogP contribution in [0.2, 0.25) is 0 Å².